The standard InChI is InChI=1S/C16H29NO4/c1-12(2)11-16(8-4-5-9-16)15(20)17-13(14(18)19)7-6-10-21-3/h12-13H,4-11H2,1-3H3,(H,17,20)(H,18,19). The predicted molar refractivity (Wildman–Crippen MR) is 81.0 cm³/mol. The number of hydrogen-bond acceptors (Lipinski definition) is 3. The number of carbonyl (C=O) groups is 2. The summed E-state index contributed by atoms with van der Waals surface area (Å²) in [4.78, 5) is 24.0. The third-order valence-electron chi connectivity index (χ3n) is 4.29. The Kier molecular flexibility index (Phi) is 7.15. The van der Waals surface area contributed by atoms with E-state index in [1.807, 2.05) is 0 Å². The minimum absolute atomic E-state index is 0.0708. The molecule has 5 heteroatoms. The molecule has 1 fully saturated rings. The largest absolute Gasteiger partial charge is 0.480 e. The first kappa shape index (κ1) is 18.0. The molecule has 0 spiro atoms. The number of methoxy groups -OCH3 is 1. The average molecular weight is 299 g/mol. The van der Waals surface area contributed by atoms with Crippen molar-refractivity contribution in [1.82, 2.24) is 5.32 Å². The molecule has 1 unspecified atom stereocenters. The molecule has 1 aliphatic carbocycles. The van der Waals surface area contributed by atoms with Crippen LogP contribution < -0.4 is 5.32 Å². The summed E-state index contributed by atoms with van der Waals surface area (Å²) < 4.78 is 4.94. The second-order valence-corrected chi connectivity index (χ2v) is 6.58. The van der Waals surface area contributed by atoms with Gasteiger partial charge in [-0.2, -0.15) is 0 Å². The number of rotatable bonds is 9. The lowest BCUT2D eigenvalue weighted by molar-refractivity contribution is -0.144. The number of carboxylic acids is 1. The molecule has 2 N–H and O–H groups in total. The van der Waals surface area contributed by atoms with Crippen LogP contribution in [0.1, 0.15) is 58.8 Å². The lowest BCUT2D eigenvalue weighted by Crippen LogP contribution is -2.48. The van der Waals surface area contributed by atoms with Gasteiger partial charge in [0, 0.05) is 19.1 Å². The topological polar surface area (TPSA) is 75.6 Å². The summed E-state index contributed by atoms with van der Waals surface area (Å²) in [6.07, 6.45) is 5.74. The minimum atomic E-state index is -0.961. The molecule has 0 heterocycles. The van der Waals surface area contributed by atoms with Gasteiger partial charge in [0.15, 0.2) is 0 Å². The highest BCUT2D eigenvalue weighted by Crippen LogP contribution is 2.43. The van der Waals surface area contributed by atoms with Crippen molar-refractivity contribution in [3.63, 3.8) is 0 Å². The lowest BCUT2D eigenvalue weighted by atomic mass is 9.77. The molecule has 0 aromatic carbocycles. The maximum atomic E-state index is 12.6. The number of carbonyl (C=O) groups excluding carboxylic acids is 1. The van der Waals surface area contributed by atoms with Crippen LogP contribution in [-0.4, -0.2) is 36.7 Å². The Labute approximate surface area is 127 Å². The number of carboxylic acid groups (broad SMARTS) is 1. The number of ether oxygens (including phenoxy) is 1. The highest BCUT2D eigenvalue weighted by atomic mass is 16.5. The Morgan fingerprint density at radius 3 is 2.38 bits per heavy atom. The van der Waals surface area contributed by atoms with Crippen LogP contribution in [0.5, 0.6) is 0 Å². The zero-order valence-electron chi connectivity index (χ0n) is 13.5. The molecule has 0 saturated heterocycles. The van der Waals surface area contributed by atoms with Gasteiger partial charge in [-0.3, -0.25) is 4.79 Å². The molecule has 0 bridgehead atoms. The van der Waals surface area contributed by atoms with Crippen molar-refractivity contribution in [2.45, 2.75) is 64.8 Å². The van der Waals surface area contributed by atoms with Crippen LogP contribution in [0.15, 0.2) is 0 Å². The van der Waals surface area contributed by atoms with Crippen LogP contribution in [0.4, 0.5) is 0 Å². The van der Waals surface area contributed by atoms with Crippen LogP contribution in [0.3, 0.4) is 0 Å². The molecule has 122 valence electrons. The van der Waals surface area contributed by atoms with Crippen LogP contribution in [0.25, 0.3) is 0 Å². The van der Waals surface area contributed by atoms with Gasteiger partial charge < -0.3 is 15.2 Å². The summed E-state index contributed by atoms with van der Waals surface area (Å²) in [7, 11) is 1.59. The fraction of sp³-hybridized carbons (Fsp3) is 0.875. The summed E-state index contributed by atoms with van der Waals surface area (Å²) in [5.74, 6) is -0.596. The molecular weight excluding hydrogens is 270 g/mol. The Bertz CT molecular complexity index is 348. The zero-order valence-corrected chi connectivity index (χ0v) is 13.5. The van der Waals surface area contributed by atoms with Crippen molar-refractivity contribution in [2.24, 2.45) is 11.3 Å². The first-order valence-corrected chi connectivity index (χ1v) is 7.94. The fourth-order valence-electron chi connectivity index (χ4n) is 3.36. The molecular formula is C16H29NO4. The van der Waals surface area contributed by atoms with Crippen molar-refractivity contribution < 1.29 is 19.4 Å². The van der Waals surface area contributed by atoms with E-state index >= 15 is 0 Å². The third-order valence-corrected chi connectivity index (χ3v) is 4.29. The fourth-order valence-corrected chi connectivity index (χ4v) is 3.36. The van der Waals surface area contributed by atoms with Crippen LogP contribution in [-0.2, 0) is 14.3 Å². The minimum Gasteiger partial charge on any atom is -0.480 e. The van der Waals surface area contributed by atoms with E-state index in [4.69, 9.17) is 4.74 Å². The van der Waals surface area contributed by atoms with Gasteiger partial charge in [0.25, 0.3) is 0 Å². The van der Waals surface area contributed by atoms with Crippen molar-refractivity contribution in [1.29, 1.82) is 0 Å². The highest BCUT2D eigenvalue weighted by molar-refractivity contribution is 5.87. The van der Waals surface area contributed by atoms with Crippen molar-refractivity contribution in [3.05, 3.63) is 0 Å². The van der Waals surface area contributed by atoms with Crippen LogP contribution in [0, 0.1) is 11.3 Å². The predicted octanol–water partition coefficient (Wildman–Crippen LogP) is 2.59. The van der Waals surface area contributed by atoms with Gasteiger partial charge in [-0.1, -0.05) is 26.7 Å². The summed E-state index contributed by atoms with van der Waals surface area (Å²) in [6, 6.07) is -0.808. The van der Waals surface area contributed by atoms with Crippen molar-refractivity contribution >= 4 is 11.9 Å². The van der Waals surface area contributed by atoms with Gasteiger partial charge in [-0.25, -0.2) is 4.79 Å². The van der Waals surface area contributed by atoms with Gasteiger partial charge in [0.05, 0.1) is 0 Å². The summed E-state index contributed by atoms with van der Waals surface area (Å²) in [6.45, 7) is 4.73. The summed E-state index contributed by atoms with van der Waals surface area (Å²) in [5, 5.41) is 12.0. The van der Waals surface area contributed by atoms with Gasteiger partial charge >= 0.3 is 5.97 Å². The Morgan fingerprint density at radius 2 is 1.90 bits per heavy atom. The van der Waals surface area contributed by atoms with Crippen LogP contribution in [0.2, 0.25) is 0 Å². The number of nitrogens with one attached hydrogen (secondary N) is 1. The van der Waals surface area contributed by atoms with E-state index in [0.29, 0.717) is 25.4 Å². The Balaban J connectivity index is 2.67. The first-order chi connectivity index (χ1) is 9.91. The third kappa shape index (κ3) is 5.30. The van der Waals surface area contributed by atoms with Gasteiger partial charge in [-0.05, 0) is 38.0 Å². The molecule has 1 atom stereocenters. The van der Waals surface area contributed by atoms with Crippen molar-refractivity contribution in [2.75, 3.05) is 13.7 Å². The number of aliphatic carboxylic acids is 1. The molecule has 5 nitrogen and oxygen atoms in total. The molecule has 1 aliphatic rings. The maximum Gasteiger partial charge on any atom is 0.326 e. The molecule has 0 aromatic rings. The number of hydrogen-bond donors (Lipinski definition) is 2. The van der Waals surface area contributed by atoms with Crippen molar-refractivity contribution in [3.8, 4) is 0 Å². The molecule has 1 rings (SSSR count). The molecule has 0 aliphatic heterocycles. The second-order valence-electron chi connectivity index (χ2n) is 6.58. The number of amides is 1. The SMILES string of the molecule is COCCCC(NC(=O)C1(CC(C)C)CCCC1)C(=O)O. The average Bonchev–Trinajstić information content (AvgIpc) is 2.86. The monoisotopic (exact) mass is 299 g/mol. The Hall–Kier alpha value is -1.10. The Morgan fingerprint density at radius 1 is 1.29 bits per heavy atom. The molecule has 0 radical (unpaired) electrons. The summed E-state index contributed by atoms with van der Waals surface area (Å²) in [5.41, 5.74) is -0.358. The van der Waals surface area contributed by atoms with Gasteiger partial charge in [0.1, 0.15) is 6.04 Å². The zero-order chi connectivity index (χ0) is 15.9. The molecule has 21 heavy (non-hydrogen) atoms. The second kappa shape index (κ2) is 8.37. The van der Waals surface area contributed by atoms with E-state index < -0.39 is 12.0 Å². The van der Waals surface area contributed by atoms with E-state index in [1.54, 1.807) is 7.11 Å². The molecule has 1 saturated carbocycles. The maximum absolute atomic E-state index is 12.6. The quantitative estimate of drug-likeness (QED) is 0.642. The molecule has 1 amide bonds. The smallest absolute Gasteiger partial charge is 0.326 e. The van der Waals surface area contributed by atoms with E-state index in [1.165, 1.54) is 0 Å². The van der Waals surface area contributed by atoms with Crippen LogP contribution >= 0.6 is 0 Å². The van der Waals surface area contributed by atoms with E-state index in [0.717, 1.165) is 32.1 Å². The van der Waals surface area contributed by atoms with Gasteiger partial charge in [0.2, 0.25) is 5.91 Å². The summed E-state index contributed by atoms with van der Waals surface area (Å²) >= 11 is 0. The molecule has 0 aromatic heterocycles. The van der Waals surface area contributed by atoms with E-state index in [-0.39, 0.29) is 11.3 Å². The van der Waals surface area contributed by atoms with E-state index in [2.05, 4.69) is 19.2 Å². The highest BCUT2D eigenvalue weighted by Gasteiger charge is 2.42. The van der Waals surface area contributed by atoms with E-state index in [9.17, 15) is 14.7 Å². The normalized spacial score (nSPS) is 18.7. The first-order valence-electron chi connectivity index (χ1n) is 7.94. The lowest BCUT2D eigenvalue weighted by Gasteiger charge is -2.31. The van der Waals surface area contributed by atoms with Gasteiger partial charge in [-0.15, -0.1) is 0 Å².